The number of allylic oxidation sites excluding steroid dienone is 3. The molecule has 0 aromatic rings. The molecular weight excluding hydrogens is 196 g/mol. The molecule has 0 heterocycles. The summed E-state index contributed by atoms with van der Waals surface area (Å²) in [5, 5.41) is 0. The Morgan fingerprint density at radius 3 is 2.56 bits per heavy atom. The smallest absolute Gasteiger partial charge is 0.160 e. The van der Waals surface area contributed by atoms with Crippen LogP contribution in [0.15, 0.2) is 23.8 Å². The van der Waals surface area contributed by atoms with E-state index in [0.717, 1.165) is 18.4 Å². The first-order chi connectivity index (χ1) is 7.29. The summed E-state index contributed by atoms with van der Waals surface area (Å²) in [6.45, 7) is 12.9. The molecule has 1 saturated carbocycles. The molecule has 88 valence electrons. The highest BCUT2D eigenvalue weighted by Crippen LogP contribution is 2.57. The highest BCUT2D eigenvalue weighted by atomic mass is 16.1. The van der Waals surface area contributed by atoms with E-state index < -0.39 is 0 Å². The zero-order valence-electron chi connectivity index (χ0n) is 10.9. The highest BCUT2D eigenvalue weighted by molar-refractivity contribution is 5.96. The molecule has 0 N–H and O–H groups in total. The van der Waals surface area contributed by atoms with Gasteiger partial charge in [0, 0.05) is 11.3 Å². The summed E-state index contributed by atoms with van der Waals surface area (Å²) in [5.74, 6) is 0.446. The van der Waals surface area contributed by atoms with Crippen LogP contribution in [0.25, 0.3) is 0 Å². The molecule has 0 radical (unpaired) electrons. The Balaban J connectivity index is 2.55. The van der Waals surface area contributed by atoms with Gasteiger partial charge in [0.2, 0.25) is 0 Å². The third-order valence-electron chi connectivity index (χ3n) is 4.74. The van der Waals surface area contributed by atoms with Crippen LogP contribution in [0.5, 0.6) is 0 Å². The van der Waals surface area contributed by atoms with Crippen molar-refractivity contribution in [2.75, 3.05) is 0 Å². The van der Waals surface area contributed by atoms with Crippen molar-refractivity contribution >= 4 is 5.78 Å². The maximum atomic E-state index is 12.3. The van der Waals surface area contributed by atoms with Crippen LogP contribution in [-0.4, -0.2) is 5.78 Å². The largest absolute Gasteiger partial charge is 0.294 e. The molecule has 2 rings (SSSR count). The maximum absolute atomic E-state index is 12.3. The fourth-order valence-electron chi connectivity index (χ4n) is 3.92. The summed E-state index contributed by atoms with van der Waals surface area (Å²) in [6.07, 6.45) is 5.28. The van der Waals surface area contributed by atoms with Crippen molar-refractivity contribution < 1.29 is 4.79 Å². The second kappa shape index (κ2) is 3.32. The molecule has 2 aliphatic carbocycles. The monoisotopic (exact) mass is 218 g/mol. The van der Waals surface area contributed by atoms with E-state index in [9.17, 15) is 4.79 Å². The summed E-state index contributed by atoms with van der Waals surface area (Å²) in [7, 11) is 0. The van der Waals surface area contributed by atoms with E-state index >= 15 is 0 Å². The lowest BCUT2D eigenvalue weighted by Gasteiger charge is -2.52. The molecular formula is C15H22O. The van der Waals surface area contributed by atoms with Gasteiger partial charge in [-0.2, -0.15) is 0 Å². The Hall–Kier alpha value is -0.850. The lowest BCUT2D eigenvalue weighted by molar-refractivity contribution is -0.129. The Morgan fingerprint density at radius 2 is 1.94 bits per heavy atom. The minimum Gasteiger partial charge on any atom is -0.294 e. The van der Waals surface area contributed by atoms with E-state index in [2.05, 4.69) is 27.4 Å². The molecule has 0 spiro atoms. The Bertz CT molecular complexity index is 386. The van der Waals surface area contributed by atoms with Gasteiger partial charge >= 0.3 is 0 Å². The van der Waals surface area contributed by atoms with Crippen LogP contribution in [0.3, 0.4) is 0 Å². The van der Waals surface area contributed by atoms with E-state index in [1.54, 1.807) is 0 Å². The van der Waals surface area contributed by atoms with Gasteiger partial charge in [-0.05, 0) is 42.4 Å². The first kappa shape index (κ1) is 11.6. The van der Waals surface area contributed by atoms with Crippen molar-refractivity contribution in [2.45, 2.75) is 47.0 Å². The van der Waals surface area contributed by atoms with E-state index in [1.165, 1.54) is 12.0 Å². The molecule has 1 fully saturated rings. The van der Waals surface area contributed by atoms with Gasteiger partial charge < -0.3 is 0 Å². The molecule has 0 aromatic carbocycles. The van der Waals surface area contributed by atoms with Gasteiger partial charge in [-0.3, -0.25) is 4.79 Å². The van der Waals surface area contributed by atoms with Gasteiger partial charge in [-0.25, -0.2) is 0 Å². The fraction of sp³-hybridized carbons (Fsp3) is 0.667. The topological polar surface area (TPSA) is 17.1 Å². The van der Waals surface area contributed by atoms with Crippen LogP contribution in [0.1, 0.15) is 47.0 Å². The number of carbonyl (C=O) groups excluding carboxylic acids is 1. The number of hydrogen-bond donors (Lipinski definition) is 0. The van der Waals surface area contributed by atoms with Gasteiger partial charge in [0.1, 0.15) is 0 Å². The molecule has 1 heteroatoms. The van der Waals surface area contributed by atoms with Crippen molar-refractivity contribution in [1.82, 2.24) is 0 Å². The molecule has 0 amide bonds. The predicted molar refractivity (Wildman–Crippen MR) is 67.1 cm³/mol. The fourth-order valence-corrected chi connectivity index (χ4v) is 3.92. The second-order valence-electron chi connectivity index (χ2n) is 6.40. The first-order valence-corrected chi connectivity index (χ1v) is 6.21. The number of fused-ring (bicyclic) bond motifs is 1. The van der Waals surface area contributed by atoms with Gasteiger partial charge in [-0.15, -0.1) is 0 Å². The number of hydrogen-bond acceptors (Lipinski definition) is 1. The van der Waals surface area contributed by atoms with E-state index in [1.807, 2.05) is 13.0 Å². The SMILES string of the molecule is C=C1C(C)=CC(=O)[C@H]2C(C)(C)CCC[C@]12C. The van der Waals surface area contributed by atoms with E-state index in [0.29, 0.717) is 5.78 Å². The minimum absolute atomic E-state index is 0.00231. The van der Waals surface area contributed by atoms with Gasteiger partial charge in [-0.1, -0.05) is 33.8 Å². The molecule has 2 atom stereocenters. The zero-order chi connectivity index (χ0) is 12.1. The molecule has 0 aromatic heterocycles. The average molecular weight is 218 g/mol. The van der Waals surface area contributed by atoms with Gasteiger partial charge in [0.05, 0.1) is 0 Å². The summed E-state index contributed by atoms with van der Waals surface area (Å²) in [5.41, 5.74) is 2.38. The van der Waals surface area contributed by atoms with Crippen molar-refractivity contribution in [3.63, 3.8) is 0 Å². The van der Waals surface area contributed by atoms with E-state index in [4.69, 9.17) is 0 Å². The van der Waals surface area contributed by atoms with Crippen molar-refractivity contribution in [1.29, 1.82) is 0 Å². The van der Waals surface area contributed by atoms with Crippen molar-refractivity contribution in [3.05, 3.63) is 23.8 Å². The number of ketones is 1. The Labute approximate surface area is 98.6 Å². The predicted octanol–water partition coefficient (Wildman–Crippen LogP) is 3.90. The second-order valence-corrected chi connectivity index (χ2v) is 6.40. The molecule has 1 nitrogen and oxygen atoms in total. The van der Waals surface area contributed by atoms with Crippen LogP contribution < -0.4 is 0 Å². The quantitative estimate of drug-likeness (QED) is 0.602. The zero-order valence-corrected chi connectivity index (χ0v) is 10.9. The Morgan fingerprint density at radius 1 is 1.31 bits per heavy atom. The third-order valence-corrected chi connectivity index (χ3v) is 4.74. The highest BCUT2D eigenvalue weighted by Gasteiger charge is 2.52. The summed E-state index contributed by atoms with van der Waals surface area (Å²) < 4.78 is 0. The summed E-state index contributed by atoms with van der Waals surface area (Å²) >= 11 is 0. The van der Waals surface area contributed by atoms with Crippen LogP contribution in [0.4, 0.5) is 0 Å². The van der Waals surface area contributed by atoms with Crippen LogP contribution >= 0.6 is 0 Å². The normalized spacial score (nSPS) is 38.0. The van der Waals surface area contributed by atoms with Crippen molar-refractivity contribution in [3.8, 4) is 0 Å². The standard InChI is InChI=1S/C15H22O/c1-10-9-12(16)13-14(3,4)7-6-8-15(13,5)11(10)2/h9,13H,2,6-8H2,1,3-5H3/t13-,15+/m0/s1. The molecule has 2 aliphatic rings. The average Bonchev–Trinajstić information content (AvgIpc) is 2.12. The minimum atomic E-state index is -0.00231. The summed E-state index contributed by atoms with van der Waals surface area (Å²) in [4.78, 5) is 12.3. The lowest BCUT2D eigenvalue weighted by atomic mass is 9.50. The van der Waals surface area contributed by atoms with Crippen LogP contribution in [0, 0.1) is 16.7 Å². The lowest BCUT2D eigenvalue weighted by Crippen LogP contribution is -2.49. The molecule has 0 bridgehead atoms. The third kappa shape index (κ3) is 1.41. The van der Waals surface area contributed by atoms with Crippen LogP contribution in [-0.2, 0) is 4.79 Å². The number of rotatable bonds is 0. The molecule has 0 unspecified atom stereocenters. The maximum Gasteiger partial charge on any atom is 0.160 e. The molecule has 0 saturated heterocycles. The first-order valence-electron chi connectivity index (χ1n) is 6.21. The Kier molecular flexibility index (Phi) is 2.41. The molecule has 0 aliphatic heterocycles. The summed E-state index contributed by atoms with van der Waals surface area (Å²) in [6, 6.07) is 0. The number of carbonyl (C=O) groups is 1. The van der Waals surface area contributed by atoms with Gasteiger partial charge in [0.25, 0.3) is 0 Å². The molecule has 16 heavy (non-hydrogen) atoms. The van der Waals surface area contributed by atoms with Gasteiger partial charge in [0.15, 0.2) is 5.78 Å². The van der Waals surface area contributed by atoms with Crippen molar-refractivity contribution in [2.24, 2.45) is 16.7 Å². The van der Waals surface area contributed by atoms with E-state index in [-0.39, 0.29) is 16.7 Å². The van der Waals surface area contributed by atoms with Crippen LogP contribution in [0.2, 0.25) is 0 Å².